The molecule has 0 spiro atoms. The Labute approximate surface area is 112 Å². The van der Waals surface area contributed by atoms with Crippen LogP contribution in [0.3, 0.4) is 0 Å². The van der Waals surface area contributed by atoms with Gasteiger partial charge in [0.05, 0.1) is 19.3 Å². The van der Waals surface area contributed by atoms with E-state index in [-0.39, 0.29) is 12.6 Å². The third-order valence-electron chi connectivity index (χ3n) is 3.70. The predicted molar refractivity (Wildman–Crippen MR) is 71.8 cm³/mol. The van der Waals surface area contributed by atoms with Crippen molar-refractivity contribution in [2.75, 3.05) is 19.4 Å². The van der Waals surface area contributed by atoms with Crippen LogP contribution in [0.2, 0.25) is 0 Å². The van der Waals surface area contributed by atoms with E-state index in [2.05, 4.69) is 5.32 Å². The summed E-state index contributed by atoms with van der Waals surface area (Å²) in [6.07, 6.45) is 1.07. The average molecular weight is 270 g/mol. The van der Waals surface area contributed by atoms with Crippen molar-refractivity contribution in [1.29, 1.82) is 0 Å². The smallest absolute Gasteiger partial charge is 0.250 e. The number of nitrogens with one attached hydrogen (secondary N) is 1. The number of hydrogen-bond donors (Lipinski definition) is 2. The predicted octanol–water partition coefficient (Wildman–Crippen LogP) is 2.38. The van der Waals surface area contributed by atoms with Crippen molar-refractivity contribution in [3.8, 4) is 5.75 Å². The standard InChI is InChI=1S/C14H20F2N2O/c1-19-12-7-3-9-2-4-10(18-8-13(15)16)5-6-11(9)14(12)17/h3,7,10,13,18H,2,4-6,8,17H2,1H3. The van der Waals surface area contributed by atoms with Crippen LogP contribution in [0.5, 0.6) is 5.75 Å². The Bertz CT molecular complexity index is 438. The number of nitrogen functional groups attached to an aromatic ring is 1. The van der Waals surface area contributed by atoms with Crippen molar-refractivity contribution in [3.05, 3.63) is 23.3 Å². The van der Waals surface area contributed by atoms with Gasteiger partial charge in [-0.3, -0.25) is 0 Å². The number of hydrogen-bond acceptors (Lipinski definition) is 3. The van der Waals surface area contributed by atoms with Gasteiger partial charge in [0.25, 0.3) is 6.43 Å². The second kappa shape index (κ2) is 6.19. The molecular formula is C14H20F2N2O. The normalized spacial score (nSPS) is 19.1. The van der Waals surface area contributed by atoms with Crippen LogP contribution in [-0.2, 0) is 12.8 Å². The van der Waals surface area contributed by atoms with E-state index in [9.17, 15) is 8.78 Å². The van der Waals surface area contributed by atoms with Gasteiger partial charge in [0.1, 0.15) is 5.75 Å². The summed E-state index contributed by atoms with van der Waals surface area (Å²) < 4.78 is 29.7. The third kappa shape index (κ3) is 3.35. The first-order valence-electron chi connectivity index (χ1n) is 6.57. The molecule has 0 saturated carbocycles. The minimum Gasteiger partial charge on any atom is -0.495 e. The van der Waals surface area contributed by atoms with E-state index in [1.165, 1.54) is 5.56 Å². The second-order valence-electron chi connectivity index (χ2n) is 4.89. The first-order valence-corrected chi connectivity index (χ1v) is 6.57. The van der Waals surface area contributed by atoms with Crippen molar-refractivity contribution >= 4 is 5.69 Å². The number of ether oxygens (including phenoxy) is 1. The number of methoxy groups -OCH3 is 1. The highest BCUT2D eigenvalue weighted by Crippen LogP contribution is 2.32. The Morgan fingerprint density at radius 1 is 1.37 bits per heavy atom. The Morgan fingerprint density at radius 2 is 2.11 bits per heavy atom. The van der Waals surface area contributed by atoms with Crippen LogP contribution >= 0.6 is 0 Å². The van der Waals surface area contributed by atoms with Crippen molar-refractivity contribution in [1.82, 2.24) is 5.32 Å². The highest BCUT2D eigenvalue weighted by Gasteiger charge is 2.20. The number of halogens is 2. The van der Waals surface area contributed by atoms with Gasteiger partial charge in [-0.1, -0.05) is 6.07 Å². The maximum atomic E-state index is 12.2. The molecule has 0 saturated heterocycles. The van der Waals surface area contributed by atoms with E-state index < -0.39 is 6.43 Å². The zero-order valence-corrected chi connectivity index (χ0v) is 11.1. The highest BCUT2D eigenvalue weighted by atomic mass is 19.3. The monoisotopic (exact) mass is 270 g/mol. The summed E-state index contributed by atoms with van der Waals surface area (Å²) in [5.74, 6) is 0.692. The fraction of sp³-hybridized carbons (Fsp3) is 0.571. The average Bonchev–Trinajstić information content (AvgIpc) is 2.60. The van der Waals surface area contributed by atoms with Crippen LogP contribution in [0.4, 0.5) is 14.5 Å². The first kappa shape index (κ1) is 14.1. The Kier molecular flexibility index (Phi) is 4.58. The van der Waals surface area contributed by atoms with Gasteiger partial charge in [0.15, 0.2) is 0 Å². The van der Waals surface area contributed by atoms with Crippen LogP contribution in [0.25, 0.3) is 0 Å². The van der Waals surface area contributed by atoms with Gasteiger partial charge in [0, 0.05) is 6.04 Å². The van der Waals surface area contributed by atoms with E-state index in [1.54, 1.807) is 7.11 Å². The van der Waals surface area contributed by atoms with Crippen LogP contribution in [-0.4, -0.2) is 26.1 Å². The Hall–Kier alpha value is -1.36. The van der Waals surface area contributed by atoms with Crippen molar-refractivity contribution in [2.45, 2.75) is 38.2 Å². The molecule has 1 aliphatic rings. The first-order chi connectivity index (χ1) is 9.11. The van der Waals surface area contributed by atoms with Crippen LogP contribution < -0.4 is 15.8 Å². The van der Waals surface area contributed by atoms with E-state index in [0.29, 0.717) is 11.4 Å². The fourth-order valence-corrected chi connectivity index (χ4v) is 2.65. The molecule has 0 aromatic heterocycles. The molecule has 1 atom stereocenters. The molecule has 5 heteroatoms. The molecule has 3 nitrogen and oxygen atoms in total. The number of alkyl halides is 2. The largest absolute Gasteiger partial charge is 0.495 e. The lowest BCUT2D eigenvalue weighted by Gasteiger charge is -2.15. The third-order valence-corrected chi connectivity index (χ3v) is 3.70. The highest BCUT2D eigenvalue weighted by molar-refractivity contribution is 5.61. The summed E-state index contributed by atoms with van der Waals surface area (Å²) in [5.41, 5.74) is 9.10. The molecule has 106 valence electrons. The topological polar surface area (TPSA) is 47.3 Å². The molecule has 19 heavy (non-hydrogen) atoms. The molecule has 0 aliphatic heterocycles. The SMILES string of the molecule is COc1ccc2c(c1N)CCC(NCC(F)F)CC2. The Balaban J connectivity index is 2.07. The number of aryl methyl sites for hydroxylation is 1. The molecule has 2 rings (SSSR count). The van der Waals surface area contributed by atoms with E-state index in [1.807, 2.05) is 12.1 Å². The molecule has 3 N–H and O–H groups in total. The fourth-order valence-electron chi connectivity index (χ4n) is 2.65. The lowest BCUT2D eigenvalue weighted by atomic mass is 10.0. The van der Waals surface area contributed by atoms with Crippen LogP contribution in [0, 0.1) is 0 Å². The summed E-state index contributed by atoms with van der Waals surface area (Å²) in [4.78, 5) is 0. The number of rotatable bonds is 4. The lowest BCUT2D eigenvalue weighted by Crippen LogP contribution is -2.33. The van der Waals surface area contributed by atoms with Crippen molar-refractivity contribution in [3.63, 3.8) is 0 Å². The molecule has 0 radical (unpaired) electrons. The zero-order valence-electron chi connectivity index (χ0n) is 11.1. The number of benzene rings is 1. The zero-order chi connectivity index (χ0) is 13.8. The van der Waals surface area contributed by atoms with Gasteiger partial charge in [0.2, 0.25) is 0 Å². The molecule has 0 bridgehead atoms. The van der Waals surface area contributed by atoms with Gasteiger partial charge in [-0.15, -0.1) is 0 Å². The summed E-state index contributed by atoms with van der Waals surface area (Å²) in [5, 5.41) is 2.92. The van der Waals surface area contributed by atoms with Crippen LogP contribution in [0.15, 0.2) is 12.1 Å². The van der Waals surface area contributed by atoms with E-state index in [0.717, 1.165) is 31.2 Å². The summed E-state index contributed by atoms with van der Waals surface area (Å²) in [6.45, 7) is -0.236. The van der Waals surface area contributed by atoms with Gasteiger partial charge >= 0.3 is 0 Å². The van der Waals surface area contributed by atoms with E-state index >= 15 is 0 Å². The minimum absolute atomic E-state index is 0.131. The maximum Gasteiger partial charge on any atom is 0.250 e. The molecule has 1 aromatic rings. The van der Waals surface area contributed by atoms with Gasteiger partial charge in [-0.25, -0.2) is 8.78 Å². The Morgan fingerprint density at radius 3 is 2.79 bits per heavy atom. The molecule has 1 aliphatic carbocycles. The summed E-state index contributed by atoms with van der Waals surface area (Å²) in [7, 11) is 1.60. The second-order valence-corrected chi connectivity index (χ2v) is 4.89. The molecule has 0 fully saturated rings. The number of nitrogens with two attached hydrogens (primary N) is 1. The van der Waals surface area contributed by atoms with Gasteiger partial charge < -0.3 is 15.8 Å². The number of fused-ring (bicyclic) bond motifs is 1. The minimum atomic E-state index is -2.30. The summed E-state index contributed by atoms with van der Waals surface area (Å²) >= 11 is 0. The molecule has 1 unspecified atom stereocenters. The molecule has 0 amide bonds. The maximum absolute atomic E-state index is 12.2. The van der Waals surface area contributed by atoms with Crippen molar-refractivity contribution in [2.24, 2.45) is 0 Å². The number of anilines is 1. The lowest BCUT2D eigenvalue weighted by molar-refractivity contribution is 0.140. The van der Waals surface area contributed by atoms with E-state index in [4.69, 9.17) is 10.5 Å². The van der Waals surface area contributed by atoms with Gasteiger partial charge in [-0.05, 0) is 42.9 Å². The molecular weight excluding hydrogens is 250 g/mol. The quantitative estimate of drug-likeness (QED) is 0.652. The van der Waals surface area contributed by atoms with Gasteiger partial charge in [-0.2, -0.15) is 0 Å². The van der Waals surface area contributed by atoms with Crippen LogP contribution in [0.1, 0.15) is 24.0 Å². The molecule has 1 aromatic carbocycles. The molecule has 0 heterocycles. The summed E-state index contributed by atoms with van der Waals surface area (Å²) in [6, 6.07) is 4.04. The van der Waals surface area contributed by atoms with Crippen molar-refractivity contribution < 1.29 is 13.5 Å².